The van der Waals surface area contributed by atoms with Gasteiger partial charge in [0.2, 0.25) is 5.91 Å². The summed E-state index contributed by atoms with van der Waals surface area (Å²) < 4.78 is 10.8. The van der Waals surface area contributed by atoms with Gasteiger partial charge in [-0.15, -0.1) is 5.10 Å². The Labute approximate surface area is 160 Å². The van der Waals surface area contributed by atoms with Crippen molar-refractivity contribution in [3.63, 3.8) is 0 Å². The van der Waals surface area contributed by atoms with Gasteiger partial charge in [-0.2, -0.15) is 5.10 Å². The molecule has 1 heterocycles. The highest BCUT2D eigenvalue weighted by molar-refractivity contribution is 8.15. The number of nitrogens with one attached hydrogen (secondary N) is 1. The van der Waals surface area contributed by atoms with Crippen LogP contribution in [0.3, 0.4) is 0 Å². The van der Waals surface area contributed by atoms with Gasteiger partial charge in [0.05, 0.1) is 24.6 Å². The lowest BCUT2D eigenvalue weighted by Gasteiger charge is -2.10. The molecule has 1 fully saturated rings. The van der Waals surface area contributed by atoms with Crippen molar-refractivity contribution in [3.8, 4) is 11.5 Å². The predicted molar refractivity (Wildman–Crippen MR) is 105 cm³/mol. The second-order valence-electron chi connectivity index (χ2n) is 5.60. The van der Waals surface area contributed by atoms with Gasteiger partial charge in [0, 0.05) is 0 Å². The first-order chi connectivity index (χ1) is 13.1. The van der Waals surface area contributed by atoms with Gasteiger partial charge in [-0.1, -0.05) is 30.0 Å². The maximum Gasteiger partial charge on any atom is 0.343 e. The molecule has 1 N–H and O–H groups in total. The lowest BCUT2D eigenvalue weighted by Crippen LogP contribution is -2.19. The number of benzene rings is 2. The van der Waals surface area contributed by atoms with E-state index < -0.39 is 5.97 Å². The summed E-state index contributed by atoms with van der Waals surface area (Å²) in [6.07, 6.45) is 1.52. The monoisotopic (exact) mass is 383 g/mol. The summed E-state index contributed by atoms with van der Waals surface area (Å²) in [7, 11) is 1.49. The molecule has 0 aliphatic carbocycles. The minimum Gasteiger partial charge on any atom is -0.493 e. The van der Waals surface area contributed by atoms with Gasteiger partial charge in [0.25, 0.3) is 0 Å². The van der Waals surface area contributed by atoms with E-state index in [1.165, 1.54) is 25.1 Å². The van der Waals surface area contributed by atoms with E-state index in [1.807, 2.05) is 19.1 Å². The third-order valence-corrected chi connectivity index (χ3v) is 4.56. The van der Waals surface area contributed by atoms with Gasteiger partial charge < -0.3 is 14.8 Å². The fourth-order valence-corrected chi connectivity index (χ4v) is 2.96. The summed E-state index contributed by atoms with van der Waals surface area (Å²) >= 11 is 1.29. The van der Waals surface area contributed by atoms with Gasteiger partial charge in [0.15, 0.2) is 16.7 Å². The highest BCUT2D eigenvalue weighted by Crippen LogP contribution is 2.28. The molecule has 0 radical (unpaired) electrons. The van der Waals surface area contributed by atoms with Crippen molar-refractivity contribution in [1.29, 1.82) is 0 Å². The number of carbonyl (C=O) groups is 2. The number of nitrogens with zero attached hydrogens (tertiary/aromatic N) is 2. The molecule has 0 unspecified atom stereocenters. The normalized spacial score (nSPS) is 15.2. The van der Waals surface area contributed by atoms with Crippen LogP contribution >= 0.6 is 11.8 Å². The Bertz CT molecular complexity index is 940. The Kier molecular flexibility index (Phi) is 5.87. The molecule has 138 valence electrons. The van der Waals surface area contributed by atoms with Crippen LogP contribution < -0.4 is 14.8 Å². The first-order valence-electron chi connectivity index (χ1n) is 8.06. The average Bonchev–Trinajstić information content (AvgIpc) is 3.08. The van der Waals surface area contributed by atoms with E-state index in [-0.39, 0.29) is 5.91 Å². The number of methoxy groups -OCH3 is 1. The van der Waals surface area contributed by atoms with E-state index in [0.29, 0.717) is 33.5 Å². The molecule has 1 amide bonds. The molecule has 1 aliphatic rings. The second kappa shape index (κ2) is 8.50. The van der Waals surface area contributed by atoms with Crippen molar-refractivity contribution in [1.82, 2.24) is 5.32 Å². The average molecular weight is 383 g/mol. The minimum absolute atomic E-state index is 0.0876. The number of rotatable bonds is 5. The van der Waals surface area contributed by atoms with Crippen molar-refractivity contribution in [2.75, 3.05) is 12.9 Å². The van der Waals surface area contributed by atoms with Gasteiger partial charge in [-0.3, -0.25) is 4.79 Å². The quantitative estimate of drug-likeness (QED) is 0.371. The largest absolute Gasteiger partial charge is 0.493 e. The molecule has 1 aliphatic heterocycles. The minimum atomic E-state index is -0.451. The van der Waals surface area contributed by atoms with E-state index in [2.05, 4.69) is 15.5 Å². The zero-order chi connectivity index (χ0) is 19.2. The number of ether oxygens (including phenoxy) is 2. The number of thioether (sulfide) groups is 1. The van der Waals surface area contributed by atoms with E-state index >= 15 is 0 Å². The Morgan fingerprint density at radius 1 is 1.22 bits per heavy atom. The maximum absolute atomic E-state index is 12.4. The molecule has 2 aromatic carbocycles. The topological polar surface area (TPSA) is 89.3 Å². The first-order valence-corrected chi connectivity index (χ1v) is 9.05. The number of hydrogen-bond donors (Lipinski definition) is 1. The molecule has 2 aromatic rings. The Hall–Kier alpha value is -3.13. The molecule has 0 bridgehead atoms. The van der Waals surface area contributed by atoms with Crippen LogP contribution in [0.2, 0.25) is 0 Å². The number of carbonyl (C=O) groups excluding carboxylic acids is 2. The highest BCUT2D eigenvalue weighted by Gasteiger charge is 2.16. The lowest BCUT2D eigenvalue weighted by molar-refractivity contribution is -0.116. The molecule has 8 heteroatoms. The van der Waals surface area contributed by atoms with Crippen LogP contribution in [0.15, 0.2) is 52.7 Å². The summed E-state index contributed by atoms with van der Waals surface area (Å²) in [6.45, 7) is 1.85. The van der Waals surface area contributed by atoms with Crippen LogP contribution in [0.4, 0.5) is 0 Å². The van der Waals surface area contributed by atoms with Crippen molar-refractivity contribution >= 4 is 35.0 Å². The summed E-state index contributed by atoms with van der Waals surface area (Å²) in [5.41, 5.74) is 2.04. The van der Waals surface area contributed by atoms with Crippen molar-refractivity contribution in [2.24, 2.45) is 10.2 Å². The van der Waals surface area contributed by atoms with E-state index in [0.717, 1.165) is 5.56 Å². The van der Waals surface area contributed by atoms with Crippen LogP contribution in [0.5, 0.6) is 11.5 Å². The van der Waals surface area contributed by atoms with E-state index in [1.54, 1.807) is 30.3 Å². The maximum atomic E-state index is 12.4. The second-order valence-corrected chi connectivity index (χ2v) is 6.57. The van der Waals surface area contributed by atoms with Crippen LogP contribution in [0.1, 0.15) is 21.5 Å². The number of esters is 1. The molecule has 7 nitrogen and oxygen atoms in total. The molecule has 0 saturated carbocycles. The summed E-state index contributed by atoms with van der Waals surface area (Å²) in [4.78, 5) is 23.5. The van der Waals surface area contributed by atoms with Crippen LogP contribution in [-0.4, -0.2) is 36.1 Å². The summed E-state index contributed by atoms with van der Waals surface area (Å²) in [5, 5.41) is 10.9. The SMILES string of the molecule is COc1cc(/C=N\N=C2NC(=O)CS2)ccc1OC(=O)c1ccccc1C. The molecule has 27 heavy (non-hydrogen) atoms. The predicted octanol–water partition coefficient (Wildman–Crippen LogP) is 2.78. The van der Waals surface area contributed by atoms with Gasteiger partial charge in [0.1, 0.15) is 0 Å². The van der Waals surface area contributed by atoms with Crippen molar-refractivity contribution in [3.05, 3.63) is 59.2 Å². The Morgan fingerprint density at radius 2 is 2.04 bits per heavy atom. The third-order valence-electron chi connectivity index (χ3n) is 3.70. The molecule has 0 atom stereocenters. The molecule has 1 saturated heterocycles. The zero-order valence-electron chi connectivity index (χ0n) is 14.8. The molecule has 0 aromatic heterocycles. The number of amides is 1. The smallest absolute Gasteiger partial charge is 0.343 e. The van der Waals surface area contributed by atoms with Gasteiger partial charge in [-0.05, 0) is 42.3 Å². The molecular weight excluding hydrogens is 366 g/mol. The van der Waals surface area contributed by atoms with E-state index in [9.17, 15) is 9.59 Å². The fraction of sp³-hybridized carbons (Fsp3) is 0.158. The lowest BCUT2D eigenvalue weighted by atomic mass is 10.1. The zero-order valence-corrected chi connectivity index (χ0v) is 15.6. The van der Waals surface area contributed by atoms with Gasteiger partial charge >= 0.3 is 5.97 Å². The van der Waals surface area contributed by atoms with Crippen LogP contribution in [0, 0.1) is 6.92 Å². The number of aryl methyl sites for hydroxylation is 1. The standard InChI is InChI=1S/C19H17N3O4S/c1-12-5-3-4-6-14(12)18(24)26-15-8-7-13(9-16(15)25-2)10-20-22-19-21-17(23)11-27-19/h3-10H,11H2,1-2H3,(H,21,22,23)/b20-10-. The molecular formula is C19H17N3O4S. The van der Waals surface area contributed by atoms with Crippen molar-refractivity contribution < 1.29 is 19.1 Å². The third kappa shape index (κ3) is 4.73. The Balaban J connectivity index is 1.73. The molecule has 0 spiro atoms. The molecule has 3 rings (SSSR count). The van der Waals surface area contributed by atoms with Gasteiger partial charge in [-0.25, -0.2) is 4.79 Å². The number of hydrogen-bond acceptors (Lipinski definition) is 7. The van der Waals surface area contributed by atoms with E-state index in [4.69, 9.17) is 9.47 Å². The van der Waals surface area contributed by atoms with Crippen LogP contribution in [-0.2, 0) is 4.79 Å². The van der Waals surface area contributed by atoms with Crippen molar-refractivity contribution in [2.45, 2.75) is 6.92 Å². The number of amidine groups is 1. The fourth-order valence-electron chi connectivity index (χ4n) is 2.33. The Morgan fingerprint density at radius 3 is 2.74 bits per heavy atom. The summed E-state index contributed by atoms with van der Waals surface area (Å²) in [5.74, 6) is 0.525. The highest BCUT2D eigenvalue weighted by atomic mass is 32.2. The first kappa shape index (κ1) is 18.7. The summed E-state index contributed by atoms with van der Waals surface area (Å²) in [6, 6.07) is 12.3. The van der Waals surface area contributed by atoms with Crippen LogP contribution in [0.25, 0.3) is 0 Å².